The van der Waals surface area contributed by atoms with Crippen LogP contribution in [0, 0.1) is 24.2 Å². The Morgan fingerprint density at radius 1 is 1.12 bits per heavy atom. The highest BCUT2D eigenvalue weighted by molar-refractivity contribution is 14.1. The molecule has 10 heteroatoms. The highest BCUT2D eigenvalue weighted by Gasteiger charge is 2.11. The molecule has 3 aromatic carbocycles. The van der Waals surface area contributed by atoms with Gasteiger partial charge in [-0.2, -0.15) is 5.10 Å². The molecule has 0 aliphatic rings. The van der Waals surface area contributed by atoms with Crippen molar-refractivity contribution in [1.82, 2.24) is 5.43 Å². The van der Waals surface area contributed by atoms with E-state index in [0.29, 0.717) is 17.0 Å². The second-order valence-corrected chi connectivity index (χ2v) is 9.04. The second-order valence-electron chi connectivity index (χ2n) is 6.72. The Morgan fingerprint density at radius 3 is 2.47 bits per heavy atom. The van der Waals surface area contributed by atoms with E-state index in [9.17, 15) is 14.9 Å². The molecule has 0 aliphatic heterocycles. The second kappa shape index (κ2) is 11.2. The van der Waals surface area contributed by atoms with Crippen molar-refractivity contribution < 1.29 is 14.5 Å². The van der Waals surface area contributed by atoms with Gasteiger partial charge in [-0.05, 0) is 87.5 Å². The summed E-state index contributed by atoms with van der Waals surface area (Å²) in [6.45, 7) is 2.18. The van der Waals surface area contributed by atoms with E-state index in [1.165, 1.54) is 12.1 Å². The maximum absolute atomic E-state index is 12.0. The van der Waals surface area contributed by atoms with Crippen LogP contribution in [0.15, 0.2) is 65.8 Å². The highest BCUT2D eigenvalue weighted by Crippen LogP contribution is 2.29. The fourth-order valence-electron chi connectivity index (χ4n) is 2.67. The molecular weight excluding hydrogens is 638 g/mol. The number of nitrogens with zero attached hydrogens (tertiary/aromatic N) is 2. The molecule has 0 saturated heterocycles. The zero-order chi connectivity index (χ0) is 23.1. The van der Waals surface area contributed by atoms with Gasteiger partial charge in [0, 0.05) is 17.8 Å². The maximum Gasteiger partial charge on any atom is 0.339 e. The lowest BCUT2D eigenvalue weighted by Gasteiger charge is -2.11. The minimum atomic E-state index is -0.439. The maximum atomic E-state index is 12.0. The number of aryl methyl sites for hydroxylation is 1. The molecule has 0 bridgehead atoms. The normalized spacial score (nSPS) is 10.7. The minimum absolute atomic E-state index is 0.0287. The number of nitro benzene ring substituents is 1. The molecule has 2 N–H and O–H groups in total. The Kier molecular flexibility index (Phi) is 8.39. The Morgan fingerprint density at radius 2 is 1.81 bits per heavy atom. The molecule has 0 atom stereocenters. The Labute approximate surface area is 211 Å². The number of carbonyl (C=O) groups excluding carboxylic acids is 1. The summed E-state index contributed by atoms with van der Waals surface area (Å²) >= 11 is 4.31. The van der Waals surface area contributed by atoms with Crippen LogP contribution in [-0.4, -0.2) is 17.2 Å². The molecule has 2 amide bonds. The van der Waals surface area contributed by atoms with Crippen LogP contribution >= 0.6 is 45.2 Å². The fraction of sp³-hybridized carbons (Fsp3) is 0.0909. The molecule has 0 saturated carbocycles. The summed E-state index contributed by atoms with van der Waals surface area (Å²) in [5.74, 6) is 0.680. The summed E-state index contributed by atoms with van der Waals surface area (Å²) in [6, 6.07) is 17.1. The number of halogens is 2. The molecule has 8 nitrogen and oxygen atoms in total. The number of nitro groups is 1. The molecule has 0 fully saturated rings. The van der Waals surface area contributed by atoms with Crippen LogP contribution in [0.2, 0.25) is 0 Å². The van der Waals surface area contributed by atoms with Gasteiger partial charge >= 0.3 is 6.03 Å². The number of benzene rings is 3. The van der Waals surface area contributed by atoms with Crippen LogP contribution in [0.5, 0.6) is 5.75 Å². The number of rotatable bonds is 7. The number of urea groups is 1. The molecule has 3 rings (SSSR count). The molecule has 0 aliphatic carbocycles. The average Bonchev–Trinajstić information content (AvgIpc) is 2.75. The van der Waals surface area contributed by atoms with E-state index in [1.54, 1.807) is 18.3 Å². The number of ether oxygens (including phenoxy) is 1. The highest BCUT2D eigenvalue weighted by atomic mass is 127. The smallest absolute Gasteiger partial charge is 0.339 e. The third kappa shape index (κ3) is 6.88. The summed E-state index contributed by atoms with van der Waals surface area (Å²) in [6.07, 6.45) is 1.55. The van der Waals surface area contributed by atoms with Crippen molar-refractivity contribution in [2.45, 2.75) is 13.5 Å². The first-order valence-corrected chi connectivity index (χ1v) is 11.5. The number of hydrogen-bond acceptors (Lipinski definition) is 5. The van der Waals surface area contributed by atoms with Crippen LogP contribution in [-0.2, 0) is 6.61 Å². The summed E-state index contributed by atoms with van der Waals surface area (Å²) in [5, 5.41) is 17.6. The molecule has 0 radical (unpaired) electrons. The Balaban J connectivity index is 1.59. The predicted molar refractivity (Wildman–Crippen MR) is 140 cm³/mol. The minimum Gasteiger partial charge on any atom is -0.487 e. The number of amides is 2. The van der Waals surface area contributed by atoms with Gasteiger partial charge in [0.1, 0.15) is 12.4 Å². The van der Waals surface area contributed by atoms with E-state index in [0.717, 1.165) is 18.3 Å². The van der Waals surface area contributed by atoms with Crippen molar-refractivity contribution in [3.63, 3.8) is 0 Å². The summed E-state index contributed by atoms with van der Waals surface area (Å²) in [4.78, 5) is 22.5. The Bertz CT molecular complexity index is 1140. The number of non-ortho nitro benzene ring substituents is 1. The van der Waals surface area contributed by atoms with Crippen molar-refractivity contribution in [3.05, 3.63) is 94.6 Å². The van der Waals surface area contributed by atoms with Crippen LogP contribution in [0.1, 0.15) is 16.7 Å². The van der Waals surface area contributed by atoms with Gasteiger partial charge in [0.2, 0.25) is 0 Å². The summed E-state index contributed by atoms with van der Waals surface area (Å²) < 4.78 is 7.60. The van der Waals surface area contributed by atoms with Gasteiger partial charge in [0.25, 0.3) is 5.69 Å². The predicted octanol–water partition coefficient (Wildman–Crippen LogP) is 5.85. The lowest BCUT2D eigenvalue weighted by Crippen LogP contribution is -2.24. The molecule has 0 spiro atoms. The van der Waals surface area contributed by atoms with Crippen LogP contribution in [0.4, 0.5) is 16.2 Å². The standard InChI is InChI=1S/C22H18I2N4O4/c1-14-5-7-17(8-6-14)26-22(29)27-25-12-16-10-19(23)21(20(24)11-16)32-13-15-3-2-4-18(9-15)28(30)31/h2-12H,13H2,1H3,(H2,26,27,29)/b25-12-. The van der Waals surface area contributed by atoms with E-state index in [4.69, 9.17) is 4.74 Å². The first-order valence-electron chi connectivity index (χ1n) is 9.34. The van der Waals surface area contributed by atoms with Gasteiger partial charge in [0.15, 0.2) is 0 Å². The molecule has 3 aromatic rings. The first-order chi connectivity index (χ1) is 15.3. The quantitative estimate of drug-likeness (QED) is 0.144. The number of anilines is 1. The number of hydrazone groups is 1. The summed E-state index contributed by atoms with van der Waals surface area (Å²) in [7, 11) is 0. The van der Waals surface area contributed by atoms with E-state index in [-0.39, 0.29) is 12.3 Å². The van der Waals surface area contributed by atoms with Crippen molar-refractivity contribution in [3.8, 4) is 5.75 Å². The lowest BCUT2D eigenvalue weighted by molar-refractivity contribution is -0.384. The van der Waals surface area contributed by atoms with Gasteiger partial charge in [-0.1, -0.05) is 29.8 Å². The molecule has 164 valence electrons. The van der Waals surface area contributed by atoms with Gasteiger partial charge in [-0.25, -0.2) is 10.2 Å². The van der Waals surface area contributed by atoms with Crippen LogP contribution in [0.25, 0.3) is 0 Å². The van der Waals surface area contributed by atoms with Gasteiger partial charge in [0.05, 0.1) is 18.3 Å². The molecular formula is C22H18I2N4O4. The first kappa shape index (κ1) is 23.9. The van der Waals surface area contributed by atoms with E-state index in [2.05, 4.69) is 61.0 Å². The van der Waals surface area contributed by atoms with Crippen molar-refractivity contribution in [2.24, 2.45) is 5.10 Å². The fourth-order valence-corrected chi connectivity index (χ4v) is 4.80. The van der Waals surface area contributed by atoms with E-state index < -0.39 is 11.0 Å². The lowest BCUT2D eigenvalue weighted by atomic mass is 10.2. The van der Waals surface area contributed by atoms with E-state index >= 15 is 0 Å². The number of hydrogen-bond donors (Lipinski definition) is 2. The number of nitrogens with one attached hydrogen (secondary N) is 2. The van der Waals surface area contributed by atoms with Crippen molar-refractivity contribution >= 4 is 68.8 Å². The largest absolute Gasteiger partial charge is 0.487 e. The molecule has 32 heavy (non-hydrogen) atoms. The molecule has 0 aromatic heterocycles. The Hall–Kier alpha value is -2.74. The van der Waals surface area contributed by atoms with Crippen molar-refractivity contribution in [1.29, 1.82) is 0 Å². The molecule has 0 heterocycles. The van der Waals surface area contributed by atoms with Gasteiger partial charge in [-0.15, -0.1) is 0 Å². The average molecular weight is 656 g/mol. The van der Waals surface area contributed by atoms with Crippen molar-refractivity contribution in [2.75, 3.05) is 5.32 Å². The third-order valence-electron chi connectivity index (χ3n) is 4.21. The summed E-state index contributed by atoms with van der Waals surface area (Å²) in [5.41, 5.74) is 5.75. The van der Waals surface area contributed by atoms with Crippen LogP contribution in [0.3, 0.4) is 0 Å². The van der Waals surface area contributed by atoms with Crippen LogP contribution < -0.4 is 15.5 Å². The number of carbonyl (C=O) groups is 1. The van der Waals surface area contributed by atoms with Gasteiger partial charge in [-0.3, -0.25) is 10.1 Å². The zero-order valence-electron chi connectivity index (χ0n) is 16.8. The van der Waals surface area contributed by atoms with E-state index in [1.807, 2.05) is 43.3 Å². The monoisotopic (exact) mass is 656 g/mol. The zero-order valence-corrected chi connectivity index (χ0v) is 21.2. The van der Waals surface area contributed by atoms with Gasteiger partial charge < -0.3 is 10.1 Å². The third-order valence-corrected chi connectivity index (χ3v) is 5.82. The molecule has 0 unspecified atom stereocenters. The topological polar surface area (TPSA) is 106 Å². The SMILES string of the molecule is Cc1ccc(NC(=O)N/N=C\c2cc(I)c(OCc3cccc([N+](=O)[O-])c3)c(I)c2)cc1.